The first-order valence-electron chi connectivity index (χ1n) is 3.95. The highest BCUT2D eigenvalue weighted by molar-refractivity contribution is 4.39. The van der Waals surface area contributed by atoms with Crippen molar-refractivity contribution in [2.45, 2.75) is 26.2 Å². The lowest BCUT2D eigenvalue weighted by atomic mass is 10.3. The van der Waals surface area contributed by atoms with Crippen molar-refractivity contribution >= 4 is 0 Å². The summed E-state index contributed by atoms with van der Waals surface area (Å²) in [5.74, 6) is 0. The number of nitrogens with one attached hydrogen (secondary N) is 1. The van der Waals surface area contributed by atoms with Crippen molar-refractivity contribution in [2.24, 2.45) is 36.5 Å². The van der Waals surface area contributed by atoms with Gasteiger partial charge in [0, 0.05) is 0 Å². The number of rotatable bonds is 7. The Morgan fingerprint density at radius 3 is 2.31 bits per heavy atom. The maximum absolute atomic E-state index is 6.20. The van der Waals surface area contributed by atoms with E-state index in [0.717, 1.165) is 19.3 Å². The van der Waals surface area contributed by atoms with Gasteiger partial charge >= 0.3 is 0 Å². The van der Waals surface area contributed by atoms with Crippen molar-refractivity contribution in [2.75, 3.05) is 6.54 Å². The van der Waals surface area contributed by atoms with Gasteiger partial charge in [0.15, 0.2) is 0 Å². The lowest BCUT2D eigenvalue weighted by Crippen LogP contribution is -1.77. The van der Waals surface area contributed by atoms with E-state index in [4.69, 9.17) is 5.53 Å². The summed E-state index contributed by atoms with van der Waals surface area (Å²) in [6.45, 7) is 2.76. The fraction of sp³-hybridized carbons (Fsp3) is 1.00. The van der Waals surface area contributed by atoms with Gasteiger partial charge in [-0.1, -0.05) is 19.8 Å². The molecule has 0 unspecified atom stereocenters. The maximum Gasteiger partial charge on any atom is 0.0621 e. The van der Waals surface area contributed by atoms with E-state index in [0.29, 0.717) is 6.54 Å². The van der Waals surface area contributed by atoms with E-state index < -0.39 is 0 Å². The molecule has 0 aromatic carbocycles. The zero-order chi connectivity index (χ0) is 9.78. The molecule has 0 saturated heterocycles. The minimum atomic E-state index is 0.646. The molecule has 0 atom stereocenters. The van der Waals surface area contributed by atoms with E-state index in [2.05, 4.69) is 43.4 Å². The van der Waals surface area contributed by atoms with Crippen LogP contribution < -0.4 is 0 Å². The molecule has 0 radical (unpaired) electrons. The highest BCUT2D eigenvalue weighted by Gasteiger charge is 1.81. The van der Waals surface area contributed by atoms with Gasteiger partial charge in [0.2, 0.25) is 0 Å². The molecule has 0 heterocycles. The number of hydrogen-bond acceptors (Lipinski definition) is 2. The molecule has 0 fully saturated rings. The van der Waals surface area contributed by atoms with Crippen molar-refractivity contribution in [1.82, 2.24) is 0 Å². The number of nitrogens with zero attached hydrogens (tertiary/aromatic N) is 7. The van der Waals surface area contributed by atoms with E-state index in [1.165, 1.54) is 0 Å². The Labute approximate surface area is 75.7 Å². The van der Waals surface area contributed by atoms with Crippen molar-refractivity contribution in [3.05, 3.63) is 0 Å². The predicted octanol–water partition coefficient (Wildman–Crippen LogP) is 3.31. The molecule has 72 valence electrons. The normalized spacial score (nSPS) is 12.1. The Balaban J connectivity index is 3.34. The predicted molar refractivity (Wildman–Crippen MR) is 44.1 cm³/mol. The Morgan fingerprint density at radius 2 is 1.62 bits per heavy atom. The second kappa shape index (κ2) is 10.4. The van der Waals surface area contributed by atoms with Crippen molar-refractivity contribution < 1.29 is 0 Å². The molecule has 0 spiro atoms. The van der Waals surface area contributed by atoms with Gasteiger partial charge in [-0.2, -0.15) is 10.6 Å². The molecule has 0 amide bonds. The molecule has 0 aromatic heterocycles. The zero-order valence-electron chi connectivity index (χ0n) is 7.46. The lowest BCUT2D eigenvalue weighted by Gasteiger charge is -1.87. The van der Waals surface area contributed by atoms with Crippen molar-refractivity contribution in [3.63, 3.8) is 0 Å². The van der Waals surface area contributed by atoms with Crippen molar-refractivity contribution in [3.8, 4) is 0 Å². The van der Waals surface area contributed by atoms with Gasteiger partial charge in [-0.15, -0.1) is 0 Å². The lowest BCUT2D eigenvalue weighted by molar-refractivity contribution is 0.693. The van der Waals surface area contributed by atoms with Crippen LogP contribution in [0.1, 0.15) is 26.2 Å². The molecular weight excluding hydrogens is 172 g/mol. The van der Waals surface area contributed by atoms with E-state index in [1.807, 2.05) is 0 Å². The first-order chi connectivity index (χ1) is 6.41. The summed E-state index contributed by atoms with van der Waals surface area (Å²) < 4.78 is 0. The van der Waals surface area contributed by atoms with Crippen LogP contribution in [0.4, 0.5) is 0 Å². The second-order valence-corrected chi connectivity index (χ2v) is 2.12. The summed E-state index contributed by atoms with van der Waals surface area (Å²) in [6, 6.07) is 0. The van der Waals surface area contributed by atoms with Gasteiger partial charge in [-0.3, -0.25) is 0 Å². The largest absolute Gasteiger partial charge is 0.183 e. The average molecular weight is 184 g/mol. The fourth-order valence-electron chi connectivity index (χ4n) is 0.579. The van der Waals surface area contributed by atoms with Crippen LogP contribution in [0.2, 0.25) is 0 Å². The summed E-state index contributed by atoms with van der Waals surface area (Å²) >= 11 is 0. The SMILES string of the molecule is CCCCCN=NN=NN=NN=N. The third-order valence-corrected chi connectivity index (χ3v) is 1.13. The first kappa shape index (κ1) is 11.4. The zero-order valence-corrected chi connectivity index (χ0v) is 7.46. The molecule has 0 aromatic rings. The minimum absolute atomic E-state index is 0.646. The molecule has 0 aliphatic rings. The summed E-state index contributed by atoms with van der Waals surface area (Å²) in [5.41, 5.74) is 6.20. The summed E-state index contributed by atoms with van der Waals surface area (Å²) in [5, 5.41) is 21.8. The maximum atomic E-state index is 6.20. The molecule has 0 saturated carbocycles. The molecule has 1 N–H and O–H groups in total. The van der Waals surface area contributed by atoms with Crippen molar-refractivity contribution in [1.29, 1.82) is 5.53 Å². The molecule has 8 nitrogen and oxygen atoms in total. The first-order valence-corrected chi connectivity index (χ1v) is 3.95. The van der Waals surface area contributed by atoms with Gasteiger partial charge < -0.3 is 0 Å². The van der Waals surface area contributed by atoms with Crippen LogP contribution >= 0.6 is 0 Å². The average Bonchev–Trinajstić information content (AvgIpc) is 2.16. The second-order valence-electron chi connectivity index (χ2n) is 2.12. The molecule has 0 bridgehead atoms. The van der Waals surface area contributed by atoms with Crippen LogP contribution in [0.5, 0.6) is 0 Å². The summed E-state index contributed by atoms with van der Waals surface area (Å²) in [7, 11) is 0. The standard InChI is InChI=1S/C5H12N8/c1-2-3-4-5-7-9-11-13-12-10-8-6/h6H,2-5H2,1H3. The fourth-order valence-corrected chi connectivity index (χ4v) is 0.579. The van der Waals surface area contributed by atoms with E-state index in [9.17, 15) is 0 Å². The van der Waals surface area contributed by atoms with Crippen LogP contribution in [-0.4, -0.2) is 6.54 Å². The molecule has 8 heteroatoms. The van der Waals surface area contributed by atoms with Gasteiger partial charge in [-0.05, 0) is 37.8 Å². The Bertz CT molecular complexity index is 195. The van der Waals surface area contributed by atoms with E-state index in [1.54, 1.807) is 0 Å². The van der Waals surface area contributed by atoms with Gasteiger partial charge in [0.25, 0.3) is 0 Å². The van der Waals surface area contributed by atoms with Crippen LogP contribution in [0, 0.1) is 5.53 Å². The van der Waals surface area contributed by atoms with Gasteiger partial charge in [-0.25, -0.2) is 0 Å². The van der Waals surface area contributed by atoms with E-state index in [-0.39, 0.29) is 0 Å². The molecule has 0 rings (SSSR count). The minimum Gasteiger partial charge on any atom is -0.183 e. The third kappa shape index (κ3) is 10.4. The van der Waals surface area contributed by atoms with Crippen LogP contribution in [0.3, 0.4) is 0 Å². The smallest absolute Gasteiger partial charge is 0.0621 e. The highest BCUT2D eigenvalue weighted by Crippen LogP contribution is 1.94. The summed E-state index contributed by atoms with van der Waals surface area (Å²) in [4.78, 5) is 0. The van der Waals surface area contributed by atoms with Crippen LogP contribution in [0.15, 0.2) is 36.5 Å². The Hall–Kier alpha value is -1.60. The van der Waals surface area contributed by atoms with Gasteiger partial charge in [0.1, 0.15) is 0 Å². The highest BCUT2D eigenvalue weighted by atomic mass is 15.6. The van der Waals surface area contributed by atoms with E-state index >= 15 is 0 Å². The third-order valence-electron chi connectivity index (χ3n) is 1.13. The van der Waals surface area contributed by atoms with Crippen LogP contribution in [0.25, 0.3) is 0 Å². The Morgan fingerprint density at radius 1 is 0.923 bits per heavy atom. The monoisotopic (exact) mass is 184 g/mol. The number of hydrogen-bond donors (Lipinski definition) is 1. The molecular formula is C5H12N8. The summed E-state index contributed by atoms with van der Waals surface area (Å²) in [6.07, 6.45) is 3.28. The van der Waals surface area contributed by atoms with Crippen LogP contribution in [-0.2, 0) is 0 Å². The quantitative estimate of drug-likeness (QED) is 0.355. The molecule has 13 heavy (non-hydrogen) atoms. The molecule has 0 aliphatic heterocycles. The topological polar surface area (TPSA) is 110 Å². The number of unbranched alkanes of at least 4 members (excludes halogenated alkanes) is 2. The molecule has 0 aliphatic carbocycles. The Kier molecular flexibility index (Phi) is 9.12. The van der Waals surface area contributed by atoms with Gasteiger partial charge in [0.05, 0.1) is 6.54 Å².